The molecule has 1 atom stereocenters. The number of aryl methyl sites for hydroxylation is 2. The van der Waals surface area contributed by atoms with E-state index in [1.807, 2.05) is 30.0 Å². The molecule has 5 nitrogen and oxygen atoms in total. The molecule has 146 valence electrons. The SMILES string of the molecule is Cc1cccc(C2CCCN(C(=O)c3ccc(C)c(N4CCNC4=O)c3)C2)c1. The third kappa shape index (κ3) is 3.61. The molecule has 2 heterocycles. The van der Waals surface area contributed by atoms with Gasteiger partial charge in [-0.2, -0.15) is 0 Å². The Hall–Kier alpha value is -2.82. The second kappa shape index (κ2) is 7.66. The van der Waals surface area contributed by atoms with E-state index in [4.69, 9.17) is 0 Å². The summed E-state index contributed by atoms with van der Waals surface area (Å²) in [6.45, 7) is 6.89. The second-order valence-electron chi connectivity index (χ2n) is 7.89. The van der Waals surface area contributed by atoms with Crippen LogP contribution in [-0.2, 0) is 0 Å². The van der Waals surface area contributed by atoms with E-state index in [1.54, 1.807) is 4.90 Å². The van der Waals surface area contributed by atoms with Crippen LogP contribution in [0.1, 0.15) is 45.8 Å². The topological polar surface area (TPSA) is 52.7 Å². The number of anilines is 1. The number of hydrogen-bond acceptors (Lipinski definition) is 2. The minimum absolute atomic E-state index is 0.0539. The van der Waals surface area contributed by atoms with Crippen molar-refractivity contribution >= 4 is 17.6 Å². The Labute approximate surface area is 166 Å². The molecule has 2 saturated heterocycles. The van der Waals surface area contributed by atoms with Crippen LogP contribution in [0.5, 0.6) is 0 Å². The predicted octanol–water partition coefficient (Wildman–Crippen LogP) is 3.85. The normalized spacial score (nSPS) is 19.6. The number of carbonyl (C=O) groups excluding carboxylic acids is 2. The molecule has 1 unspecified atom stereocenters. The lowest BCUT2D eigenvalue weighted by molar-refractivity contribution is 0.0707. The highest BCUT2D eigenvalue weighted by Gasteiger charge is 2.27. The number of benzene rings is 2. The quantitative estimate of drug-likeness (QED) is 0.883. The second-order valence-corrected chi connectivity index (χ2v) is 7.89. The van der Waals surface area contributed by atoms with Gasteiger partial charge in [-0.1, -0.05) is 35.9 Å². The Morgan fingerprint density at radius 1 is 1.11 bits per heavy atom. The lowest BCUT2D eigenvalue weighted by atomic mass is 9.89. The number of carbonyl (C=O) groups is 2. The largest absolute Gasteiger partial charge is 0.338 e. The molecule has 2 aliphatic rings. The number of amides is 3. The zero-order valence-corrected chi connectivity index (χ0v) is 16.6. The van der Waals surface area contributed by atoms with E-state index in [0.29, 0.717) is 24.6 Å². The number of nitrogens with zero attached hydrogens (tertiary/aromatic N) is 2. The first-order chi connectivity index (χ1) is 13.5. The minimum atomic E-state index is -0.0924. The van der Waals surface area contributed by atoms with Gasteiger partial charge >= 0.3 is 6.03 Å². The van der Waals surface area contributed by atoms with Gasteiger partial charge in [-0.15, -0.1) is 0 Å². The van der Waals surface area contributed by atoms with Crippen molar-refractivity contribution in [2.24, 2.45) is 0 Å². The lowest BCUT2D eigenvalue weighted by Crippen LogP contribution is -2.39. The molecule has 0 saturated carbocycles. The van der Waals surface area contributed by atoms with Gasteiger partial charge in [-0.05, 0) is 49.9 Å². The average molecular weight is 377 g/mol. The van der Waals surface area contributed by atoms with Crippen LogP contribution in [0.4, 0.5) is 10.5 Å². The molecule has 0 bridgehead atoms. The van der Waals surface area contributed by atoms with E-state index in [9.17, 15) is 9.59 Å². The summed E-state index contributed by atoms with van der Waals surface area (Å²) in [5.41, 5.74) is 5.06. The molecule has 2 aliphatic heterocycles. The van der Waals surface area contributed by atoms with Crippen molar-refractivity contribution in [3.63, 3.8) is 0 Å². The van der Waals surface area contributed by atoms with Crippen LogP contribution < -0.4 is 10.2 Å². The third-order valence-corrected chi connectivity index (χ3v) is 5.83. The first-order valence-corrected chi connectivity index (χ1v) is 10.0. The van der Waals surface area contributed by atoms with Gasteiger partial charge in [0.15, 0.2) is 0 Å². The van der Waals surface area contributed by atoms with Gasteiger partial charge in [0.2, 0.25) is 0 Å². The Bertz CT molecular complexity index is 908. The van der Waals surface area contributed by atoms with Gasteiger partial charge < -0.3 is 10.2 Å². The molecule has 0 aromatic heterocycles. The number of nitrogens with one attached hydrogen (secondary N) is 1. The van der Waals surface area contributed by atoms with E-state index < -0.39 is 0 Å². The van der Waals surface area contributed by atoms with Crippen LogP contribution >= 0.6 is 0 Å². The van der Waals surface area contributed by atoms with Crippen LogP contribution in [0.25, 0.3) is 0 Å². The van der Waals surface area contributed by atoms with Gasteiger partial charge in [0.1, 0.15) is 0 Å². The summed E-state index contributed by atoms with van der Waals surface area (Å²) >= 11 is 0. The van der Waals surface area contributed by atoms with E-state index in [2.05, 4.69) is 36.5 Å². The summed E-state index contributed by atoms with van der Waals surface area (Å²) in [5, 5.41) is 2.83. The Morgan fingerprint density at radius 2 is 1.96 bits per heavy atom. The van der Waals surface area contributed by atoms with Crippen molar-refractivity contribution < 1.29 is 9.59 Å². The number of hydrogen-bond donors (Lipinski definition) is 1. The maximum Gasteiger partial charge on any atom is 0.322 e. The molecule has 0 radical (unpaired) electrons. The number of piperidine rings is 1. The van der Waals surface area contributed by atoms with Gasteiger partial charge in [0.05, 0.1) is 0 Å². The molecule has 2 aromatic rings. The molecular weight excluding hydrogens is 350 g/mol. The van der Waals surface area contributed by atoms with Crippen LogP contribution in [-0.4, -0.2) is 43.0 Å². The monoisotopic (exact) mass is 377 g/mol. The van der Waals surface area contributed by atoms with Crippen molar-refractivity contribution in [2.45, 2.75) is 32.6 Å². The van der Waals surface area contributed by atoms with Crippen molar-refractivity contribution in [1.29, 1.82) is 0 Å². The zero-order valence-electron chi connectivity index (χ0n) is 16.6. The van der Waals surface area contributed by atoms with Crippen LogP contribution in [0.3, 0.4) is 0 Å². The highest BCUT2D eigenvalue weighted by atomic mass is 16.2. The number of urea groups is 1. The van der Waals surface area contributed by atoms with E-state index in [0.717, 1.165) is 37.2 Å². The summed E-state index contributed by atoms with van der Waals surface area (Å²) in [7, 11) is 0. The highest BCUT2D eigenvalue weighted by molar-refractivity contribution is 5.99. The van der Waals surface area contributed by atoms with E-state index >= 15 is 0 Å². The summed E-state index contributed by atoms with van der Waals surface area (Å²) in [6.07, 6.45) is 2.12. The summed E-state index contributed by atoms with van der Waals surface area (Å²) in [4.78, 5) is 29.0. The van der Waals surface area contributed by atoms with Crippen molar-refractivity contribution in [3.05, 3.63) is 64.7 Å². The fraction of sp³-hybridized carbons (Fsp3) is 0.391. The maximum absolute atomic E-state index is 13.2. The van der Waals surface area contributed by atoms with Crippen LogP contribution in [0.2, 0.25) is 0 Å². The molecule has 5 heteroatoms. The molecular formula is C23H27N3O2. The molecule has 4 rings (SSSR count). The molecule has 2 fully saturated rings. The van der Waals surface area contributed by atoms with Crippen LogP contribution in [0.15, 0.2) is 42.5 Å². The molecule has 1 N–H and O–H groups in total. The van der Waals surface area contributed by atoms with Gasteiger partial charge in [-0.25, -0.2) is 4.79 Å². The summed E-state index contributed by atoms with van der Waals surface area (Å²) < 4.78 is 0. The van der Waals surface area contributed by atoms with Crippen molar-refractivity contribution in [1.82, 2.24) is 10.2 Å². The molecule has 2 aromatic carbocycles. The first-order valence-electron chi connectivity index (χ1n) is 10.0. The Balaban J connectivity index is 1.55. The zero-order chi connectivity index (χ0) is 19.7. The third-order valence-electron chi connectivity index (χ3n) is 5.83. The fourth-order valence-electron chi connectivity index (χ4n) is 4.28. The standard InChI is InChI=1S/C23H27N3O2/c1-16-5-3-6-18(13-16)20-7-4-11-25(15-20)22(27)19-9-8-17(2)21(14-19)26-12-10-24-23(26)28/h3,5-6,8-9,13-14,20H,4,7,10-12,15H2,1-2H3,(H,24,28). The highest BCUT2D eigenvalue weighted by Crippen LogP contribution is 2.29. The van der Waals surface area contributed by atoms with Gasteiger partial charge in [0, 0.05) is 43.3 Å². The maximum atomic E-state index is 13.2. The van der Waals surface area contributed by atoms with Gasteiger partial charge in [-0.3, -0.25) is 9.69 Å². The first kappa shape index (κ1) is 18.5. The van der Waals surface area contributed by atoms with E-state index in [1.165, 1.54) is 11.1 Å². The lowest BCUT2D eigenvalue weighted by Gasteiger charge is -2.33. The predicted molar refractivity (Wildman–Crippen MR) is 111 cm³/mol. The summed E-state index contributed by atoms with van der Waals surface area (Å²) in [6, 6.07) is 14.2. The molecule has 0 spiro atoms. The Morgan fingerprint density at radius 3 is 2.71 bits per heavy atom. The Kier molecular flexibility index (Phi) is 5.07. The van der Waals surface area contributed by atoms with Crippen molar-refractivity contribution in [3.8, 4) is 0 Å². The number of rotatable bonds is 3. The summed E-state index contributed by atoms with van der Waals surface area (Å²) in [5.74, 6) is 0.435. The smallest absolute Gasteiger partial charge is 0.322 e. The minimum Gasteiger partial charge on any atom is -0.338 e. The molecule has 28 heavy (non-hydrogen) atoms. The average Bonchev–Trinajstić information content (AvgIpc) is 3.13. The molecule has 0 aliphatic carbocycles. The number of likely N-dealkylation sites (tertiary alicyclic amines) is 1. The van der Waals surface area contributed by atoms with Gasteiger partial charge in [0.25, 0.3) is 5.91 Å². The van der Waals surface area contributed by atoms with Crippen molar-refractivity contribution in [2.75, 3.05) is 31.1 Å². The molecule has 3 amide bonds. The van der Waals surface area contributed by atoms with Crippen LogP contribution in [0, 0.1) is 13.8 Å². The fourth-order valence-corrected chi connectivity index (χ4v) is 4.28. The van der Waals surface area contributed by atoms with E-state index in [-0.39, 0.29) is 11.9 Å².